The molecule has 3 heteroatoms. The van der Waals surface area contributed by atoms with Crippen LogP contribution in [0.25, 0.3) is 0 Å². The van der Waals surface area contributed by atoms with Gasteiger partial charge in [0.2, 0.25) is 0 Å². The summed E-state index contributed by atoms with van der Waals surface area (Å²) in [4.78, 5) is 14.5. The quantitative estimate of drug-likeness (QED) is 0.825. The molecule has 0 aliphatic heterocycles. The van der Waals surface area contributed by atoms with E-state index in [0.29, 0.717) is 0 Å². The van der Waals surface area contributed by atoms with Crippen LogP contribution >= 0.6 is 15.9 Å². The highest BCUT2D eigenvalue weighted by atomic mass is 79.9. The van der Waals surface area contributed by atoms with Crippen LogP contribution in [0.3, 0.4) is 0 Å². The lowest BCUT2D eigenvalue weighted by Gasteiger charge is -2.31. The molecule has 1 aromatic rings. The van der Waals surface area contributed by atoms with Gasteiger partial charge >= 0.3 is 0 Å². The van der Waals surface area contributed by atoms with E-state index in [1.165, 1.54) is 0 Å². The van der Waals surface area contributed by atoms with E-state index in [9.17, 15) is 4.79 Å². The monoisotopic (exact) mass is 297 g/mol. The summed E-state index contributed by atoms with van der Waals surface area (Å²) in [6, 6.07) is 6.24. The van der Waals surface area contributed by atoms with Crippen molar-refractivity contribution in [2.75, 3.05) is 0 Å². The fourth-order valence-electron chi connectivity index (χ4n) is 2.10. The Morgan fingerprint density at radius 1 is 1.18 bits per heavy atom. The minimum Gasteiger partial charge on any atom is -0.334 e. The molecule has 0 saturated heterocycles. The fraction of sp³-hybridized carbons (Fsp3) is 0.500. The van der Waals surface area contributed by atoms with Crippen molar-refractivity contribution < 1.29 is 4.79 Å². The molecule has 1 rings (SSSR count). The summed E-state index contributed by atoms with van der Waals surface area (Å²) >= 11 is 3.47. The zero-order valence-electron chi connectivity index (χ0n) is 11.1. The lowest BCUT2D eigenvalue weighted by Crippen LogP contribution is -2.42. The summed E-state index contributed by atoms with van der Waals surface area (Å²) in [5.74, 6) is 0.0972. The van der Waals surface area contributed by atoms with E-state index in [0.717, 1.165) is 15.6 Å². The van der Waals surface area contributed by atoms with E-state index < -0.39 is 0 Å². The van der Waals surface area contributed by atoms with E-state index in [4.69, 9.17) is 0 Å². The maximum Gasteiger partial charge on any atom is 0.255 e. The number of carbonyl (C=O) groups excluding carboxylic acids is 1. The van der Waals surface area contributed by atoms with Gasteiger partial charge in [-0.25, -0.2) is 0 Å². The van der Waals surface area contributed by atoms with Gasteiger partial charge in [-0.05, 0) is 62.2 Å². The van der Waals surface area contributed by atoms with Crippen LogP contribution in [-0.4, -0.2) is 22.9 Å². The topological polar surface area (TPSA) is 20.3 Å². The minimum atomic E-state index is 0.0972. The summed E-state index contributed by atoms with van der Waals surface area (Å²) in [5, 5.41) is 0. The third-order valence-electron chi connectivity index (χ3n) is 2.78. The van der Waals surface area contributed by atoms with E-state index in [2.05, 4.69) is 15.9 Å². The summed E-state index contributed by atoms with van der Waals surface area (Å²) in [6.45, 7) is 10.2. The fourth-order valence-corrected chi connectivity index (χ4v) is 2.73. The first-order chi connectivity index (χ1) is 7.86. The number of rotatable bonds is 3. The molecule has 0 spiro atoms. The second-order valence-electron chi connectivity index (χ2n) is 4.83. The molecule has 0 aliphatic rings. The largest absolute Gasteiger partial charge is 0.334 e. The standard InChI is InChI=1S/C14H20BrNO/c1-9(2)16(10(3)4)14(17)13-11(5)7-6-8-12(13)15/h6-10H,1-5H3. The van der Waals surface area contributed by atoms with Gasteiger partial charge in [-0.1, -0.05) is 12.1 Å². The summed E-state index contributed by atoms with van der Waals surface area (Å²) in [6.07, 6.45) is 0. The predicted octanol–water partition coefficient (Wildman–Crippen LogP) is 4.02. The zero-order chi connectivity index (χ0) is 13.2. The molecule has 1 aromatic carbocycles. The van der Waals surface area contributed by atoms with Crippen LogP contribution in [0.1, 0.15) is 43.6 Å². The van der Waals surface area contributed by atoms with Crippen LogP contribution in [-0.2, 0) is 0 Å². The van der Waals surface area contributed by atoms with Crippen molar-refractivity contribution in [2.45, 2.75) is 46.7 Å². The van der Waals surface area contributed by atoms with Crippen molar-refractivity contribution in [1.82, 2.24) is 4.90 Å². The van der Waals surface area contributed by atoms with E-state index in [-0.39, 0.29) is 18.0 Å². The highest BCUT2D eigenvalue weighted by Gasteiger charge is 2.24. The lowest BCUT2D eigenvalue weighted by molar-refractivity contribution is 0.0642. The molecule has 0 radical (unpaired) electrons. The Labute approximate surface area is 112 Å². The summed E-state index contributed by atoms with van der Waals surface area (Å²) in [7, 11) is 0. The van der Waals surface area contributed by atoms with Crippen molar-refractivity contribution in [1.29, 1.82) is 0 Å². The molecular weight excluding hydrogens is 278 g/mol. The molecule has 0 saturated carbocycles. The summed E-state index contributed by atoms with van der Waals surface area (Å²) < 4.78 is 0.869. The molecule has 2 nitrogen and oxygen atoms in total. The number of halogens is 1. The average Bonchev–Trinajstić information content (AvgIpc) is 2.15. The van der Waals surface area contributed by atoms with Crippen LogP contribution in [0, 0.1) is 6.92 Å². The van der Waals surface area contributed by atoms with Crippen molar-refractivity contribution in [3.05, 3.63) is 33.8 Å². The third kappa shape index (κ3) is 3.09. The molecular formula is C14H20BrNO. The van der Waals surface area contributed by atoms with Gasteiger partial charge in [-0.15, -0.1) is 0 Å². The molecule has 94 valence electrons. The predicted molar refractivity (Wildman–Crippen MR) is 75.3 cm³/mol. The van der Waals surface area contributed by atoms with Crippen LogP contribution in [0.2, 0.25) is 0 Å². The van der Waals surface area contributed by atoms with Crippen molar-refractivity contribution in [3.8, 4) is 0 Å². The maximum atomic E-state index is 12.6. The Morgan fingerprint density at radius 2 is 1.71 bits per heavy atom. The molecule has 0 unspecified atom stereocenters. The number of amides is 1. The molecule has 0 fully saturated rings. The van der Waals surface area contributed by atoms with Crippen molar-refractivity contribution in [3.63, 3.8) is 0 Å². The van der Waals surface area contributed by atoms with Gasteiger partial charge in [0.15, 0.2) is 0 Å². The summed E-state index contributed by atoms with van der Waals surface area (Å²) in [5.41, 5.74) is 1.78. The smallest absolute Gasteiger partial charge is 0.255 e. The number of aryl methyl sites for hydroxylation is 1. The van der Waals surface area contributed by atoms with Crippen molar-refractivity contribution >= 4 is 21.8 Å². The normalized spacial score (nSPS) is 11.1. The van der Waals surface area contributed by atoms with Crippen molar-refractivity contribution in [2.24, 2.45) is 0 Å². The van der Waals surface area contributed by atoms with Gasteiger partial charge in [0, 0.05) is 16.6 Å². The highest BCUT2D eigenvalue weighted by Crippen LogP contribution is 2.23. The van der Waals surface area contributed by atoms with E-state index in [1.54, 1.807) is 0 Å². The SMILES string of the molecule is Cc1cccc(Br)c1C(=O)N(C(C)C)C(C)C. The first-order valence-corrected chi connectivity index (χ1v) is 6.73. The molecule has 17 heavy (non-hydrogen) atoms. The zero-order valence-corrected chi connectivity index (χ0v) is 12.7. The Hall–Kier alpha value is -0.830. The molecule has 0 heterocycles. The van der Waals surface area contributed by atoms with Gasteiger partial charge in [0.1, 0.15) is 0 Å². The van der Waals surface area contributed by atoms with Crippen LogP contribution < -0.4 is 0 Å². The first-order valence-electron chi connectivity index (χ1n) is 5.94. The second kappa shape index (κ2) is 5.67. The van der Waals surface area contributed by atoms with Crippen LogP contribution in [0.4, 0.5) is 0 Å². The molecule has 0 N–H and O–H groups in total. The van der Waals surface area contributed by atoms with Crippen LogP contribution in [0.15, 0.2) is 22.7 Å². The molecule has 0 atom stereocenters. The Bertz CT molecular complexity index is 384. The molecule has 1 amide bonds. The number of benzene rings is 1. The minimum absolute atomic E-state index is 0.0972. The maximum absolute atomic E-state index is 12.6. The average molecular weight is 298 g/mol. The van der Waals surface area contributed by atoms with E-state index >= 15 is 0 Å². The van der Waals surface area contributed by atoms with Gasteiger partial charge in [-0.3, -0.25) is 4.79 Å². The molecule has 0 aromatic heterocycles. The lowest BCUT2D eigenvalue weighted by atomic mass is 10.1. The number of hydrogen-bond donors (Lipinski definition) is 0. The molecule has 0 aliphatic carbocycles. The number of hydrogen-bond acceptors (Lipinski definition) is 1. The highest BCUT2D eigenvalue weighted by molar-refractivity contribution is 9.10. The Morgan fingerprint density at radius 3 is 2.12 bits per heavy atom. The van der Waals surface area contributed by atoms with Crippen LogP contribution in [0.5, 0.6) is 0 Å². The van der Waals surface area contributed by atoms with E-state index in [1.807, 2.05) is 57.7 Å². The Balaban J connectivity index is 3.19. The van der Waals surface area contributed by atoms with Gasteiger partial charge in [0.05, 0.1) is 5.56 Å². The Kier molecular flexibility index (Phi) is 4.75. The number of nitrogens with zero attached hydrogens (tertiary/aromatic N) is 1. The van der Waals surface area contributed by atoms with Gasteiger partial charge in [-0.2, -0.15) is 0 Å². The van der Waals surface area contributed by atoms with Gasteiger partial charge in [0.25, 0.3) is 5.91 Å². The number of carbonyl (C=O) groups is 1. The van der Waals surface area contributed by atoms with Gasteiger partial charge < -0.3 is 4.90 Å². The third-order valence-corrected chi connectivity index (χ3v) is 3.44. The molecule has 0 bridgehead atoms. The first kappa shape index (κ1) is 14.2. The second-order valence-corrected chi connectivity index (χ2v) is 5.69.